The lowest BCUT2D eigenvalue weighted by Crippen LogP contribution is -2.28. The van der Waals surface area contributed by atoms with Gasteiger partial charge in [0.2, 0.25) is 0 Å². The molecule has 1 rings (SSSR count). The molecule has 1 aromatic rings. The molecule has 1 amide bonds. The highest BCUT2D eigenvalue weighted by atomic mass is 16.6. The van der Waals surface area contributed by atoms with Gasteiger partial charge in [0.1, 0.15) is 0 Å². The molecule has 0 spiro atoms. The molecule has 0 aliphatic rings. The predicted molar refractivity (Wildman–Crippen MR) is 75.6 cm³/mol. The first kappa shape index (κ1) is 16.6. The molecule has 0 atom stereocenters. The minimum atomic E-state index is -1.38. The molecule has 1 aromatic carbocycles. The van der Waals surface area contributed by atoms with Gasteiger partial charge in [-0.3, -0.25) is 14.9 Å². The van der Waals surface area contributed by atoms with Crippen LogP contribution in [0.5, 0.6) is 0 Å². The minimum Gasteiger partial charge on any atom is -0.478 e. The number of hydrogen-bond donors (Lipinski definition) is 2. The Labute approximate surface area is 121 Å². The standard InChI is InChI=1S/C13H17N3O5/c1-15(2)7-3-6-14-12(17)10-5-4-9(16(20)21)8-11(10)13(18)19/h4-5,8H,3,6-7H2,1-2H3,(H,14,17)(H,18,19). The van der Waals surface area contributed by atoms with Gasteiger partial charge in [0, 0.05) is 18.7 Å². The fourth-order valence-corrected chi connectivity index (χ4v) is 1.71. The van der Waals surface area contributed by atoms with Crippen LogP contribution in [0, 0.1) is 10.1 Å². The maximum absolute atomic E-state index is 11.9. The van der Waals surface area contributed by atoms with Gasteiger partial charge in [-0.25, -0.2) is 4.79 Å². The van der Waals surface area contributed by atoms with E-state index in [1.54, 1.807) is 0 Å². The molecule has 0 heterocycles. The number of carboxylic acid groups (broad SMARTS) is 1. The maximum atomic E-state index is 11.9. The Kier molecular flexibility index (Phi) is 5.79. The molecule has 21 heavy (non-hydrogen) atoms. The number of nitrogens with zero attached hydrogens (tertiary/aromatic N) is 2. The van der Waals surface area contributed by atoms with Crippen LogP contribution in [0.3, 0.4) is 0 Å². The van der Waals surface area contributed by atoms with Crippen molar-refractivity contribution in [3.63, 3.8) is 0 Å². The summed E-state index contributed by atoms with van der Waals surface area (Å²) in [4.78, 5) is 34.9. The third-order valence-corrected chi connectivity index (χ3v) is 2.76. The van der Waals surface area contributed by atoms with Crippen molar-refractivity contribution in [2.75, 3.05) is 27.2 Å². The van der Waals surface area contributed by atoms with Crippen LogP contribution in [-0.2, 0) is 0 Å². The van der Waals surface area contributed by atoms with Crippen LogP contribution < -0.4 is 5.32 Å². The van der Waals surface area contributed by atoms with Gasteiger partial charge in [-0.15, -0.1) is 0 Å². The maximum Gasteiger partial charge on any atom is 0.336 e. The van der Waals surface area contributed by atoms with E-state index < -0.39 is 16.8 Å². The van der Waals surface area contributed by atoms with Crippen LogP contribution >= 0.6 is 0 Å². The van der Waals surface area contributed by atoms with E-state index in [0.717, 1.165) is 24.7 Å². The fraction of sp³-hybridized carbons (Fsp3) is 0.385. The third kappa shape index (κ3) is 4.84. The zero-order chi connectivity index (χ0) is 16.0. The predicted octanol–water partition coefficient (Wildman–Crippen LogP) is 0.975. The molecular formula is C13H17N3O5. The molecule has 0 fully saturated rings. The average molecular weight is 295 g/mol. The number of carboxylic acids is 1. The molecule has 8 heteroatoms. The van der Waals surface area contributed by atoms with Gasteiger partial charge < -0.3 is 15.3 Å². The van der Waals surface area contributed by atoms with Gasteiger partial charge in [-0.05, 0) is 33.1 Å². The van der Waals surface area contributed by atoms with E-state index in [9.17, 15) is 19.7 Å². The zero-order valence-electron chi connectivity index (χ0n) is 11.8. The summed E-state index contributed by atoms with van der Waals surface area (Å²) in [6.45, 7) is 1.18. The molecule has 2 N–H and O–H groups in total. The largest absolute Gasteiger partial charge is 0.478 e. The molecule has 0 saturated carbocycles. The van der Waals surface area contributed by atoms with Crippen molar-refractivity contribution in [2.45, 2.75) is 6.42 Å². The highest BCUT2D eigenvalue weighted by Gasteiger charge is 2.20. The van der Waals surface area contributed by atoms with E-state index >= 15 is 0 Å². The van der Waals surface area contributed by atoms with Crippen molar-refractivity contribution < 1.29 is 19.6 Å². The molecule has 0 radical (unpaired) electrons. The first-order valence-electron chi connectivity index (χ1n) is 6.27. The van der Waals surface area contributed by atoms with Crippen molar-refractivity contribution in [3.8, 4) is 0 Å². The van der Waals surface area contributed by atoms with Gasteiger partial charge in [0.25, 0.3) is 11.6 Å². The van der Waals surface area contributed by atoms with E-state index in [1.807, 2.05) is 19.0 Å². The number of nitro benzene ring substituents is 1. The van der Waals surface area contributed by atoms with Crippen LogP contribution in [0.25, 0.3) is 0 Å². The molecule has 8 nitrogen and oxygen atoms in total. The summed E-state index contributed by atoms with van der Waals surface area (Å²) in [6.07, 6.45) is 0.716. The Bertz CT molecular complexity index is 557. The van der Waals surface area contributed by atoms with Gasteiger partial charge in [-0.1, -0.05) is 0 Å². The fourth-order valence-electron chi connectivity index (χ4n) is 1.71. The molecular weight excluding hydrogens is 278 g/mol. The molecule has 0 aliphatic heterocycles. The number of nitro groups is 1. The molecule has 0 aliphatic carbocycles. The summed E-state index contributed by atoms with van der Waals surface area (Å²) >= 11 is 0. The van der Waals surface area contributed by atoms with Crippen molar-refractivity contribution in [3.05, 3.63) is 39.4 Å². The summed E-state index contributed by atoms with van der Waals surface area (Å²) in [5.41, 5.74) is -0.830. The van der Waals surface area contributed by atoms with Gasteiger partial charge in [0.15, 0.2) is 0 Å². The van der Waals surface area contributed by atoms with E-state index in [0.29, 0.717) is 13.0 Å². The number of benzene rings is 1. The number of carbonyl (C=O) groups is 2. The SMILES string of the molecule is CN(C)CCCNC(=O)c1ccc([N+](=O)[O-])cc1C(=O)O. The van der Waals surface area contributed by atoms with E-state index in [4.69, 9.17) is 5.11 Å². The van der Waals surface area contributed by atoms with Crippen molar-refractivity contribution >= 4 is 17.6 Å². The number of rotatable bonds is 7. The Morgan fingerprint density at radius 1 is 1.33 bits per heavy atom. The van der Waals surface area contributed by atoms with Crippen molar-refractivity contribution in [2.24, 2.45) is 0 Å². The van der Waals surface area contributed by atoms with E-state index in [2.05, 4.69) is 5.32 Å². The normalized spacial score (nSPS) is 10.4. The van der Waals surface area contributed by atoms with Crippen LogP contribution in [-0.4, -0.2) is 54.0 Å². The second-order valence-corrected chi connectivity index (χ2v) is 4.70. The van der Waals surface area contributed by atoms with E-state index in [1.165, 1.54) is 0 Å². The molecule has 0 saturated heterocycles. The van der Waals surface area contributed by atoms with Gasteiger partial charge in [-0.2, -0.15) is 0 Å². The van der Waals surface area contributed by atoms with Gasteiger partial charge in [0.05, 0.1) is 16.1 Å². The minimum absolute atomic E-state index is 0.0852. The van der Waals surface area contributed by atoms with Crippen LogP contribution in [0.2, 0.25) is 0 Å². The average Bonchev–Trinajstić information content (AvgIpc) is 2.42. The summed E-state index contributed by atoms with van der Waals surface area (Å²) in [6, 6.07) is 3.15. The smallest absolute Gasteiger partial charge is 0.336 e. The quantitative estimate of drug-likeness (QED) is 0.440. The summed E-state index contributed by atoms with van der Waals surface area (Å²) in [5, 5.41) is 22.3. The summed E-state index contributed by atoms with van der Waals surface area (Å²) < 4.78 is 0. The lowest BCUT2D eigenvalue weighted by atomic mass is 10.1. The van der Waals surface area contributed by atoms with Crippen LogP contribution in [0.4, 0.5) is 5.69 Å². The Morgan fingerprint density at radius 3 is 2.52 bits per heavy atom. The van der Waals surface area contributed by atoms with Gasteiger partial charge >= 0.3 is 5.97 Å². The topological polar surface area (TPSA) is 113 Å². The second-order valence-electron chi connectivity index (χ2n) is 4.70. The second kappa shape index (κ2) is 7.34. The molecule has 0 unspecified atom stereocenters. The lowest BCUT2D eigenvalue weighted by molar-refractivity contribution is -0.384. The number of non-ortho nitro benzene ring substituents is 1. The zero-order valence-corrected chi connectivity index (χ0v) is 11.8. The number of amides is 1. The first-order valence-corrected chi connectivity index (χ1v) is 6.27. The van der Waals surface area contributed by atoms with Crippen molar-refractivity contribution in [1.82, 2.24) is 10.2 Å². The monoisotopic (exact) mass is 295 g/mol. The highest BCUT2D eigenvalue weighted by Crippen LogP contribution is 2.18. The Balaban J connectivity index is 2.83. The Morgan fingerprint density at radius 2 is 2.00 bits per heavy atom. The summed E-state index contributed by atoms with van der Waals surface area (Å²) in [5.74, 6) is -1.93. The lowest BCUT2D eigenvalue weighted by Gasteiger charge is -2.10. The molecule has 114 valence electrons. The summed E-state index contributed by atoms with van der Waals surface area (Å²) in [7, 11) is 3.81. The van der Waals surface area contributed by atoms with E-state index in [-0.39, 0.29) is 16.8 Å². The highest BCUT2D eigenvalue weighted by molar-refractivity contribution is 6.05. The number of nitrogens with one attached hydrogen (secondary N) is 1. The first-order chi connectivity index (χ1) is 9.82. The number of aromatic carboxylic acids is 1. The van der Waals surface area contributed by atoms with Crippen LogP contribution in [0.15, 0.2) is 18.2 Å². The molecule has 0 aromatic heterocycles. The van der Waals surface area contributed by atoms with Crippen molar-refractivity contribution in [1.29, 1.82) is 0 Å². The Hall–Kier alpha value is -2.48. The molecule has 0 bridgehead atoms. The van der Waals surface area contributed by atoms with Crippen LogP contribution in [0.1, 0.15) is 27.1 Å². The number of hydrogen-bond acceptors (Lipinski definition) is 5. The third-order valence-electron chi connectivity index (χ3n) is 2.76. The number of carbonyl (C=O) groups excluding carboxylic acids is 1.